The van der Waals surface area contributed by atoms with Crippen LogP contribution in [-0.2, 0) is 4.74 Å². The van der Waals surface area contributed by atoms with Gasteiger partial charge in [0.1, 0.15) is 0 Å². The van der Waals surface area contributed by atoms with Crippen LogP contribution in [0.25, 0.3) is 0 Å². The number of hydrogen-bond donors (Lipinski definition) is 0. The number of unbranched alkanes of at least 4 members (excludes halogenated alkanes) is 2. The van der Waals surface area contributed by atoms with Crippen molar-refractivity contribution >= 4 is 29.2 Å². The second-order valence-electron chi connectivity index (χ2n) is 6.32. The van der Waals surface area contributed by atoms with Gasteiger partial charge in [-0.1, -0.05) is 19.8 Å². The molecular weight excluding hydrogens is 364 g/mol. The highest BCUT2D eigenvalue weighted by Gasteiger charge is 2.37. The number of hydrogen-bond acceptors (Lipinski definition) is 6. The molecule has 1 heterocycles. The molecule has 0 aromatic heterocycles. The van der Waals surface area contributed by atoms with E-state index in [1.807, 2.05) is 6.92 Å². The molecule has 1 aliphatic heterocycles. The maximum absolute atomic E-state index is 12.7. The van der Waals surface area contributed by atoms with Crippen molar-refractivity contribution in [2.75, 3.05) is 11.5 Å². The summed E-state index contributed by atoms with van der Waals surface area (Å²) in [7, 11) is 0. The zero-order valence-electron chi connectivity index (χ0n) is 15.2. The Morgan fingerprint density at radius 1 is 1.04 bits per heavy atom. The average Bonchev–Trinajstić information content (AvgIpc) is 2.95. The number of carbonyl (C=O) groups is 3. The molecule has 0 saturated carbocycles. The molecule has 2 aromatic rings. The van der Waals surface area contributed by atoms with Crippen molar-refractivity contribution in [1.82, 2.24) is 0 Å². The Hall–Kier alpha value is -3.55. The zero-order chi connectivity index (χ0) is 20.3. The minimum absolute atomic E-state index is 0.103. The van der Waals surface area contributed by atoms with Gasteiger partial charge in [0.15, 0.2) is 0 Å². The van der Waals surface area contributed by atoms with Crippen LogP contribution in [0.1, 0.15) is 57.3 Å². The van der Waals surface area contributed by atoms with E-state index in [4.69, 9.17) is 4.74 Å². The number of amides is 2. The highest BCUT2D eigenvalue weighted by molar-refractivity contribution is 6.34. The number of anilines is 1. The standard InChI is InChI=1S/C20H18N2O6/c1-2-3-4-11-28-20(25)13-5-10-16-17(12-13)19(24)21(18(16)23)14-6-8-15(9-7-14)22(26)27/h5-10,12H,2-4,11H2,1H3. The molecule has 1 aliphatic rings. The monoisotopic (exact) mass is 382 g/mol. The van der Waals surface area contributed by atoms with E-state index in [0.717, 1.165) is 24.2 Å². The van der Waals surface area contributed by atoms with Gasteiger partial charge in [0.2, 0.25) is 0 Å². The van der Waals surface area contributed by atoms with E-state index in [0.29, 0.717) is 6.61 Å². The Kier molecular flexibility index (Phi) is 5.49. The number of benzene rings is 2. The molecule has 0 aliphatic carbocycles. The van der Waals surface area contributed by atoms with E-state index in [9.17, 15) is 24.5 Å². The van der Waals surface area contributed by atoms with E-state index >= 15 is 0 Å². The largest absolute Gasteiger partial charge is 0.462 e. The van der Waals surface area contributed by atoms with Gasteiger partial charge in [-0.15, -0.1) is 0 Å². The van der Waals surface area contributed by atoms with Gasteiger partial charge in [0.25, 0.3) is 17.5 Å². The fraction of sp³-hybridized carbons (Fsp3) is 0.250. The van der Waals surface area contributed by atoms with Gasteiger partial charge in [0.05, 0.1) is 33.9 Å². The van der Waals surface area contributed by atoms with Gasteiger partial charge in [-0.05, 0) is 36.8 Å². The number of fused-ring (bicyclic) bond motifs is 1. The lowest BCUT2D eigenvalue weighted by Gasteiger charge is -2.13. The van der Waals surface area contributed by atoms with E-state index < -0.39 is 22.7 Å². The molecule has 28 heavy (non-hydrogen) atoms. The van der Waals surface area contributed by atoms with Gasteiger partial charge >= 0.3 is 5.97 Å². The predicted molar refractivity (Wildman–Crippen MR) is 100 cm³/mol. The Bertz CT molecular complexity index is 952. The molecule has 0 saturated heterocycles. The van der Waals surface area contributed by atoms with Crippen LogP contribution in [-0.4, -0.2) is 29.3 Å². The molecule has 8 nitrogen and oxygen atoms in total. The van der Waals surface area contributed by atoms with E-state index in [2.05, 4.69) is 0 Å². The van der Waals surface area contributed by atoms with Crippen molar-refractivity contribution < 1.29 is 24.0 Å². The van der Waals surface area contributed by atoms with Crippen LogP contribution in [0.5, 0.6) is 0 Å². The first-order valence-electron chi connectivity index (χ1n) is 8.88. The Morgan fingerprint density at radius 2 is 1.71 bits per heavy atom. The highest BCUT2D eigenvalue weighted by atomic mass is 16.6. The first-order valence-corrected chi connectivity index (χ1v) is 8.88. The minimum atomic E-state index is -0.588. The van der Waals surface area contributed by atoms with E-state index in [1.165, 1.54) is 42.5 Å². The van der Waals surface area contributed by atoms with Gasteiger partial charge < -0.3 is 4.74 Å². The van der Waals surface area contributed by atoms with E-state index in [-0.39, 0.29) is 28.1 Å². The maximum atomic E-state index is 12.7. The number of non-ortho nitro benzene ring substituents is 1. The van der Waals surface area contributed by atoms with Crippen molar-refractivity contribution in [3.63, 3.8) is 0 Å². The summed E-state index contributed by atoms with van der Waals surface area (Å²) in [6, 6.07) is 9.33. The number of nitrogens with zero attached hydrogens (tertiary/aromatic N) is 2. The number of nitro groups is 1. The second kappa shape index (κ2) is 7.99. The quantitative estimate of drug-likeness (QED) is 0.237. The molecule has 0 atom stereocenters. The minimum Gasteiger partial charge on any atom is -0.462 e. The van der Waals surface area contributed by atoms with Crippen molar-refractivity contribution in [2.24, 2.45) is 0 Å². The third-order valence-electron chi connectivity index (χ3n) is 4.42. The molecule has 8 heteroatoms. The smallest absolute Gasteiger partial charge is 0.338 e. The van der Waals surface area contributed by atoms with Crippen LogP contribution in [0.2, 0.25) is 0 Å². The Morgan fingerprint density at radius 3 is 2.36 bits per heavy atom. The van der Waals surface area contributed by atoms with Gasteiger partial charge in [0, 0.05) is 12.1 Å². The predicted octanol–water partition coefficient (Wildman–Crippen LogP) is 3.74. The number of carbonyl (C=O) groups excluding carboxylic acids is 3. The average molecular weight is 382 g/mol. The molecule has 2 aromatic carbocycles. The Labute approximate surface area is 160 Å². The summed E-state index contributed by atoms with van der Waals surface area (Å²) in [6.07, 6.45) is 2.72. The highest BCUT2D eigenvalue weighted by Crippen LogP contribution is 2.30. The number of nitro benzene ring substituents is 1. The molecule has 0 radical (unpaired) electrons. The number of rotatable bonds is 7. The topological polar surface area (TPSA) is 107 Å². The van der Waals surface area contributed by atoms with Crippen LogP contribution in [0.15, 0.2) is 42.5 Å². The molecule has 3 rings (SSSR count). The molecule has 0 unspecified atom stereocenters. The third kappa shape index (κ3) is 3.62. The van der Waals surface area contributed by atoms with Crippen LogP contribution in [0, 0.1) is 10.1 Å². The maximum Gasteiger partial charge on any atom is 0.338 e. The number of ether oxygens (including phenoxy) is 1. The van der Waals surface area contributed by atoms with Crippen LogP contribution in [0.3, 0.4) is 0 Å². The molecule has 0 N–H and O–H groups in total. The number of imide groups is 1. The van der Waals surface area contributed by atoms with Crippen molar-refractivity contribution in [3.8, 4) is 0 Å². The first-order chi connectivity index (χ1) is 13.4. The fourth-order valence-corrected chi connectivity index (χ4v) is 2.93. The molecule has 144 valence electrons. The summed E-state index contributed by atoms with van der Waals surface area (Å²) in [5.74, 6) is -1.68. The van der Waals surface area contributed by atoms with Crippen LogP contribution in [0.4, 0.5) is 11.4 Å². The van der Waals surface area contributed by atoms with Crippen molar-refractivity contribution in [2.45, 2.75) is 26.2 Å². The van der Waals surface area contributed by atoms with Gasteiger partial charge in [-0.25, -0.2) is 9.69 Å². The summed E-state index contributed by atoms with van der Waals surface area (Å²) in [4.78, 5) is 48.6. The summed E-state index contributed by atoms with van der Waals surface area (Å²) in [5, 5.41) is 10.8. The molecule has 0 spiro atoms. The second-order valence-corrected chi connectivity index (χ2v) is 6.32. The van der Waals surface area contributed by atoms with E-state index in [1.54, 1.807) is 0 Å². The Balaban J connectivity index is 1.81. The lowest BCUT2D eigenvalue weighted by molar-refractivity contribution is -0.384. The lowest BCUT2D eigenvalue weighted by atomic mass is 10.1. The molecule has 0 bridgehead atoms. The van der Waals surface area contributed by atoms with Gasteiger partial charge in [-0.3, -0.25) is 19.7 Å². The number of esters is 1. The molecule has 0 fully saturated rings. The molecule has 2 amide bonds. The van der Waals surface area contributed by atoms with Crippen molar-refractivity contribution in [3.05, 3.63) is 69.3 Å². The normalized spacial score (nSPS) is 12.8. The zero-order valence-corrected chi connectivity index (χ0v) is 15.2. The lowest BCUT2D eigenvalue weighted by Crippen LogP contribution is -2.29. The fourth-order valence-electron chi connectivity index (χ4n) is 2.93. The summed E-state index contributed by atoms with van der Waals surface area (Å²) in [5.41, 5.74) is 0.549. The summed E-state index contributed by atoms with van der Waals surface area (Å²) in [6.45, 7) is 2.34. The summed E-state index contributed by atoms with van der Waals surface area (Å²) >= 11 is 0. The SMILES string of the molecule is CCCCCOC(=O)c1ccc2c(c1)C(=O)N(c1ccc([N+](=O)[O-])cc1)C2=O. The molecular formula is C20H18N2O6. The van der Waals surface area contributed by atoms with Crippen LogP contribution < -0.4 is 4.90 Å². The summed E-state index contributed by atoms with van der Waals surface area (Å²) < 4.78 is 5.19. The van der Waals surface area contributed by atoms with Crippen LogP contribution >= 0.6 is 0 Å². The first kappa shape index (κ1) is 19.2. The third-order valence-corrected chi connectivity index (χ3v) is 4.42. The van der Waals surface area contributed by atoms with Crippen molar-refractivity contribution in [1.29, 1.82) is 0 Å². The van der Waals surface area contributed by atoms with Gasteiger partial charge in [-0.2, -0.15) is 0 Å².